The van der Waals surface area contributed by atoms with Gasteiger partial charge >= 0.3 is 0 Å². The molecule has 0 bridgehead atoms. The highest BCUT2D eigenvalue weighted by Gasteiger charge is 2.24. The second-order valence-corrected chi connectivity index (χ2v) is 4.97. The number of nitrogens with zero attached hydrogens (tertiary/aromatic N) is 1. The Labute approximate surface area is 94.7 Å². The van der Waals surface area contributed by atoms with Crippen molar-refractivity contribution >= 4 is 0 Å². The van der Waals surface area contributed by atoms with Crippen LogP contribution in [0.3, 0.4) is 0 Å². The number of nitrogens with one attached hydrogen (secondary N) is 1. The summed E-state index contributed by atoms with van der Waals surface area (Å²) in [4.78, 5) is 2.64. The number of likely N-dealkylation sites (N-methyl/N-ethyl adjacent to an activating group) is 1. The molecule has 0 aromatic rings. The van der Waals surface area contributed by atoms with Crippen molar-refractivity contribution in [1.82, 2.24) is 10.2 Å². The lowest BCUT2D eigenvalue weighted by Crippen LogP contribution is -2.44. The first-order valence-electron chi connectivity index (χ1n) is 6.22. The summed E-state index contributed by atoms with van der Waals surface area (Å²) in [7, 11) is 1.99. The molecule has 0 amide bonds. The third kappa shape index (κ3) is 3.96. The van der Waals surface area contributed by atoms with Crippen LogP contribution in [-0.2, 0) is 0 Å². The molecule has 0 aliphatic carbocycles. The average molecular weight is 210 g/mol. The second-order valence-electron chi connectivity index (χ2n) is 4.97. The SMILES string of the molecule is C=C(CNC)CC1CCCCN1C(C)C. The van der Waals surface area contributed by atoms with Crippen molar-refractivity contribution in [3.63, 3.8) is 0 Å². The van der Waals surface area contributed by atoms with Gasteiger partial charge in [0, 0.05) is 18.6 Å². The molecule has 1 aliphatic heterocycles. The van der Waals surface area contributed by atoms with Gasteiger partial charge in [-0.1, -0.05) is 18.6 Å². The molecule has 1 rings (SSSR count). The van der Waals surface area contributed by atoms with Crippen LogP contribution < -0.4 is 5.32 Å². The van der Waals surface area contributed by atoms with Gasteiger partial charge in [0.1, 0.15) is 0 Å². The average Bonchev–Trinajstić information content (AvgIpc) is 2.18. The van der Waals surface area contributed by atoms with Crippen LogP contribution >= 0.6 is 0 Å². The zero-order valence-electron chi connectivity index (χ0n) is 10.6. The van der Waals surface area contributed by atoms with E-state index in [0.717, 1.165) is 12.6 Å². The van der Waals surface area contributed by atoms with Crippen molar-refractivity contribution < 1.29 is 0 Å². The lowest BCUT2D eigenvalue weighted by atomic mass is 9.95. The highest BCUT2D eigenvalue weighted by Crippen LogP contribution is 2.23. The van der Waals surface area contributed by atoms with E-state index in [1.807, 2.05) is 7.05 Å². The molecular weight excluding hydrogens is 184 g/mol. The van der Waals surface area contributed by atoms with Crippen LogP contribution in [-0.4, -0.2) is 37.1 Å². The van der Waals surface area contributed by atoms with Gasteiger partial charge in [0.15, 0.2) is 0 Å². The summed E-state index contributed by atoms with van der Waals surface area (Å²) in [6.07, 6.45) is 5.27. The van der Waals surface area contributed by atoms with Crippen LogP contribution in [0.2, 0.25) is 0 Å². The van der Waals surface area contributed by atoms with Gasteiger partial charge in [0.05, 0.1) is 0 Å². The van der Waals surface area contributed by atoms with E-state index >= 15 is 0 Å². The molecule has 1 N–H and O–H groups in total. The monoisotopic (exact) mass is 210 g/mol. The van der Waals surface area contributed by atoms with Crippen molar-refractivity contribution in [2.24, 2.45) is 0 Å². The fourth-order valence-corrected chi connectivity index (χ4v) is 2.58. The van der Waals surface area contributed by atoms with Gasteiger partial charge in [-0.25, -0.2) is 0 Å². The Balaban J connectivity index is 2.45. The van der Waals surface area contributed by atoms with Crippen molar-refractivity contribution in [1.29, 1.82) is 0 Å². The molecular formula is C13H26N2. The smallest absolute Gasteiger partial charge is 0.0159 e. The number of rotatable bonds is 5. The lowest BCUT2D eigenvalue weighted by molar-refractivity contribution is 0.111. The minimum absolute atomic E-state index is 0.678. The highest BCUT2D eigenvalue weighted by molar-refractivity contribution is 5.01. The van der Waals surface area contributed by atoms with E-state index in [4.69, 9.17) is 0 Å². The molecule has 0 aromatic heterocycles. The van der Waals surface area contributed by atoms with Crippen molar-refractivity contribution in [3.8, 4) is 0 Å². The number of piperidine rings is 1. The summed E-state index contributed by atoms with van der Waals surface area (Å²) in [6.45, 7) is 11.0. The number of hydrogen-bond acceptors (Lipinski definition) is 2. The molecule has 1 saturated heterocycles. The Morgan fingerprint density at radius 3 is 2.80 bits per heavy atom. The molecule has 1 atom stereocenters. The Morgan fingerprint density at radius 2 is 2.20 bits per heavy atom. The van der Waals surface area contributed by atoms with Gasteiger partial charge in [0.25, 0.3) is 0 Å². The second kappa shape index (κ2) is 6.29. The van der Waals surface area contributed by atoms with Crippen molar-refractivity contribution in [2.75, 3.05) is 20.1 Å². The first-order valence-corrected chi connectivity index (χ1v) is 6.22. The van der Waals surface area contributed by atoms with Gasteiger partial charge in [-0.3, -0.25) is 4.90 Å². The lowest BCUT2D eigenvalue weighted by Gasteiger charge is -2.39. The molecule has 0 saturated carbocycles. The van der Waals surface area contributed by atoms with E-state index in [2.05, 4.69) is 30.6 Å². The summed E-state index contributed by atoms with van der Waals surface area (Å²) in [5.41, 5.74) is 1.34. The first kappa shape index (κ1) is 12.7. The predicted molar refractivity (Wildman–Crippen MR) is 67.2 cm³/mol. The molecule has 1 heterocycles. The fourth-order valence-electron chi connectivity index (χ4n) is 2.58. The summed E-state index contributed by atoms with van der Waals surface area (Å²) < 4.78 is 0. The topological polar surface area (TPSA) is 15.3 Å². The Morgan fingerprint density at radius 1 is 1.47 bits per heavy atom. The summed E-state index contributed by atoms with van der Waals surface area (Å²) in [5.74, 6) is 0. The maximum atomic E-state index is 4.14. The Kier molecular flexibility index (Phi) is 5.34. The quantitative estimate of drug-likeness (QED) is 0.701. The van der Waals surface area contributed by atoms with Crippen LogP contribution in [0.15, 0.2) is 12.2 Å². The van der Waals surface area contributed by atoms with Crippen LogP contribution in [0.25, 0.3) is 0 Å². The van der Waals surface area contributed by atoms with Crippen LogP contribution in [0.1, 0.15) is 39.5 Å². The number of likely N-dealkylation sites (tertiary alicyclic amines) is 1. The zero-order chi connectivity index (χ0) is 11.3. The third-order valence-corrected chi connectivity index (χ3v) is 3.29. The van der Waals surface area contributed by atoms with E-state index in [0.29, 0.717) is 6.04 Å². The minimum Gasteiger partial charge on any atom is -0.316 e. The maximum absolute atomic E-state index is 4.14. The largest absolute Gasteiger partial charge is 0.316 e. The van der Waals surface area contributed by atoms with Crippen LogP contribution in [0.4, 0.5) is 0 Å². The van der Waals surface area contributed by atoms with E-state index in [9.17, 15) is 0 Å². The van der Waals surface area contributed by atoms with Crippen LogP contribution in [0.5, 0.6) is 0 Å². The molecule has 2 nitrogen and oxygen atoms in total. The molecule has 15 heavy (non-hydrogen) atoms. The summed E-state index contributed by atoms with van der Waals surface area (Å²) >= 11 is 0. The molecule has 0 aromatic carbocycles. The van der Waals surface area contributed by atoms with Gasteiger partial charge in [-0.2, -0.15) is 0 Å². The van der Waals surface area contributed by atoms with E-state index < -0.39 is 0 Å². The zero-order valence-corrected chi connectivity index (χ0v) is 10.6. The first-order chi connectivity index (χ1) is 7.15. The third-order valence-electron chi connectivity index (χ3n) is 3.29. The summed E-state index contributed by atoms with van der Waals surface area (Å²) in [6, 6.07) is 1.41. The highest BCUT2D eigenvalue weighted by atomic mass is 15.2. The van der Waals surface area contributed by atoms with E-state index in [-0.39, 0.29) is 0 Å². The van der Waals surface area contributed by atoms with Crippen molar-refractivity contribution in [3.05, 3.63) is 12.2 Å². The molecule has 0 radical (unpaired) electrons. The standard InChI is InChI=1S/C13H26N2/c1-11(2)15-8-6-5-7-13(15)9-12(3)10-14-4/h11,13-14H,3,5-10H2,1-2,4H3. The van der Waals surface area contributed by atoms with Gasteiger partial charge < -0.3 is 5.32 Å². The molecule has 88 valence electrons. The molecule has 1 unspecified atom stereocenters. The minimum atomic E-state index is 0.678. The maximum Gasteiger partial charge on any atom is 0.0159 e. The summed E-state index contributed by atoms with van der Waals surface area (Å²) in [5, 5.41) is 3.18. The van der Waals surface area contributed by atoms with Gasteiger partial charge in [-0.05, 0) is 46.7 Å². The number of hydrogen-bond donors (Lipinski definition) is 1. The van der Waals surface area contributed by atoms with E-state index in [1.54, 1.807) is 0 Å². The molecule has 0 spiro atoms. The predicted octanol–water partition coefficient (Wildman–Crippen LogP) is 2.42. The Hall–Kier alpha value is -0.340. The van der Waals surface area contributed by atoms with Crippen LogP contribution in [0, 0.1) is 0 Å². The van der Waals surface area contributed by atoms with Gasteiger partial charge in [-0.15, -0.1) is 0 Å². The Bertz CT molecular complexity index is 199. The van der Waals surface area contributed by atoms with E-state index in [1.165, 1.54) is 37.8 Å². The molecule has 2 heteroatoms. The normalized spacial score (nSPS) is 23.3. The molecule has 1 fully saturated rings. The molecule has 1 aliphatic rings. The van der Waals surface area contributed by atoms with Crippen molar-refractivity contribution in [2.45, 2.75) is 51.6 Å². The van der Waals surface area contributed by atoms with Gasteiger partial charge in [0.2, 0.25) is 0 Å². The fraction of sp³-hybridized carbons (Fsp3) is 0.846.